The summed E-state index contributed by atoms with van der Waals surface area (Å²) in [6.07, 6.45) is 2.39. The van der Waals surface area contributed by atoms with Crippen molar-refractivity contribution in [2.24, 2.45) is 5.92 Å². The fourth-order valence-corrected chi connectivity index (χ4v) is 6.18. The van der Waals surface area contributed by atoms with Gasteiger partial charge in [0.2, 0.25) is 0 Å². The van der Waals surface area contributed by atoms with E-state index in [-0.39, 0.29) is 0 Å². The van der Waals surface area contributed by atoms with Gasteiger partial charge in [-0.15, -0.1) is 0 Å². The molecule has 1 heterocycles. The first-order valence-corrected chi connectivity index (χ1v) is 10.8. The summed E-state index contributed by atoms with van der Waals surface area (Å²) in [6, 6.07) is 15.8. The van der Waals surface area contributed by atoms with Crippen LogP contribution in [0.3, 0.4) is 0 Å². The van der Waals surface area contributed by atoms with E-state index in [1.807, 2.05) is 0 Å². The van der Waals surface area contributed by atoms with Gasteiger partial charge in [-0.05, 0) is 42.0 Å². The Labute approximate surface area is 134 Å². The molecule has 1 aliphatic heterocycles. The highest BCUT2D eigenvalue weighted by atomic mass is 28.2. The van der Waals surface area contributed by atoms with Crippen molar-refractivity contribution in [1.29, 1.82) is 0 Å². The second-order valence-electron chi connectivity index (χ2n) is 6.86. The van der Waals surface area contributed by atoms with Crippen LogP contribution >= 0.6 is 0 Å². The average Bonchev–Trinajstić information content (AvgIpc) is 3.06. The molecule has 22 heavy (non-hydrogen) atoms. The first-order valence-electron chi connectivity index (χ1n) is 8.32. The fourth-order valence-electron chi connectivity index (χ4n) is 4.30. The van der Waals surface area contributed by atoms with Crippen molar-refractivity contribution in [3.8, 4) is 0 Å². The molecule has 0 saturated carbocycles. The Morgan fingerprint density at radius 3 is 2.50 bits per heavy atom. The first-order chi connectivity index (χ1) is 10.7. The van der Waals surface area contributed by atoms with E-state index in [0.29, 0.717) is 0 Å². The van der Waals surface area contributed by atoms with Gasteiger partial charge in [-0.25, -0.2) is 0 Å². The van der Waals surface area contributed by atoms with Crippen LogP contribution < -0.4 is 4.90 Å². The van der Waals surface area contributed by atoms with Crippen molar-refractivity contribution in [1.82, 2.24) is 0 Å². The molecule has 2 aliphatic rings. The molecule has 112 valence electrons. The minimum atomic E-state index is -0.410. The number of rotatable bonds is 1. The van der Waals surface area contributed by atoms with E-state index < -0.39 is 8.41 Å². The molecular formula is C20H23NSi. The summed E-state index contributed by atoms with van der Waals surface area (Å²) in [4.78, 5) is 2.55. The normalized spacial score (nSPS) is 19.3. The van der Waals surface area contributed by atoms with Gasteiger partial charge < -0.3 is 4.90 Å². The standard InChI is InChI=1S/C20H23NSi/c1-14-13-16-8-6-10-18(19(16)20(14)22(2)3)21-12-11-15-7-4-5-9-17(15)21/h4-10,14H,11-13H2,1-3H3. The van der Waals surface area contributed by atoms with Gasteiger partial charge in [-0.1, -0.05) is 55.5 Å². The van der Waals surface area contributed by atoms with E-state index in [9.17, 15) is 0 Å². The minimum absolute atomic E-state index is 0.410. The zero-order chi connectivity index (χ0) is 15.3. The first kappa shape index (κ1) is 14.0. The van der Waals surface area contributed by atoms with Crippen molar-refractivity contribution in [3.63, 3.8) is 0 Å². The molecule has 0 radical (unpaired) electrons. The minimum Gasteiger partial charge on any atom is -0.340 e. The molecule has 1 aliphatic carbocycles. The zero-order valence-corrected chi connectivity index (χ0v) is 14.7. The Hall–Kier alpha value is -1.67. The molecule has 0 spiro atoms. The van der Waals surface area contributed by atoms with Crippen molar-refractivity contribution >= 4 is 25.0 Å². The number of hydrogen-bond acceptors (Lipinski definition) is 1. The highest BCUT2D eigenvalue weighted by molar-refractivity contribution is 6.72. The lowest BCUT2D eigenvalue weighted by atomic mass is 10.1. The predicted octanol–water partition coefficient (Wildman–Crippen LogP) is 4.43. The molecule has 2 aromatic carbocycles. The SMILES string of the molecule is CC1Cc2cccc(N3CCc4ccccc43)c2C1=[Si](C)C. The number of anilines is 2. The molecular weight excluding hydrogens is 282 g/mol. The Balaban J connectivity index is 1.90. The molecule has 0 saturated heterocycles. The van der Waals surface area contributed by atoms with E-state index in [1.54, 1.807) is 16.3 Å². The average molecular weight is 305 g/mol. The lowest BCUT2D eigenvalue weighted by molar-refractivity contribution is 0.808. The van der Waals surface area contributed by atoms with E-state index in [4.69, 9.17) is 0 Å². The molecule has 2 heteroatoms. The third kappa shape index (κ3) is 2.01. The van der Waals surface area contributed by atoms with Gasteiger partial charge >= 0.3 is 0 Å². The number of benzene rings is 2. The Bertz CT molecular complexity index is 771. The van der Waals surface area contributed by atoms with E-state index in [1.165, 1.54) is 29.8 Å². The van der Waals surface area contributed by atoms with Crippen molar-refractivity contribution in [3.05, 3.63) is 59.2 Å². The van der Waals surface area contributed by atoms with Crippen molar-refractivity contribution in [2.45, 2.75) is 32.9 Å². The molecule has 0 fully saturated rings. The van der Waals surface area contributed by atoms with Crippen LogP contribution in [0.25, 0.3) is 0 Å². The molecule has 1 unspecified atom stereocenters. The third-order valence-electron chi connectivity index (χ3n) is 5.13. The summed E-state index contributed by atoms with van der Waals surface area (Å²) in [7, 11) is -0.410. The lowest BCUT2D eigenvalue weighted by Crippen LogP contribution is -2.21. The van der Waals surface area contributed by atoms with Crippen LogP contribution in [-0.2, 0) is 12.8 Å². The maximum Gasteiger partial charge on any atom is 0.0486 e. The maximum absolute atomic E-state index is 2.55. The van der Waals surface area contributed by atoms with Gasteiger partial charge in [0, 0.05) is 31.9 Å². The fraction of sp³-hybridized carbons (Fsp3) is 0.350. The van der Waals surface area contributed by atoms with Gasteiger partial charge in [-0.3, -0.25) is 0 Å². The molecule has 1 nitrogen and oxygen atoms in total. The quantitative estimate of drug-likeness (QED) is 0.705. The van der Waals surface area contributed by atoms with Gasteiger partial charge in [0.1, 0.15) is 0 Å². The monoisotopic (exact) mass is 305 g/mol. The van der Waals surface area contributed by atoms with Crippen LogP contribution in [0.2, 0.25) is 13.1 Å². The number of fused-ring (bicyclic) bond motifs is 2. The summed E-state index contributed by atoms with van der Waals surface area (Å²) < 4.78 is 0. The molecule has 0 aromatic heterocycles. The lowest BCUT2D eigenvalue weighted by Gasteiger charge is -2.24. The molecule has 1 atom stereocenters. The predicted molar refractivity (Wildman–Crippen MR) is 98.1 cm³/mol. The highest BCUT2D eigenvalue weighted by Gasteiger charge is 2.30. The molecule has 0 bridgehead atoms. The van der Waals surface area contributed by atoms with Gasteiger partial charge in [0.25, 0.3) is 0 Å². The summed E-state index contributed by atoms with van der Waals surface area (Å²) in [5.74, 6) is 0.720. The topological polar surface area (TPSA) is 3.24 Å². The van der Waals surface area contributed by atoms with E-state index in [0.717, 1.165) is 12.5 Å². The van der Waals surface area contributed by atoms with Crippen LogP contribution in [-0.4, -0.2) is 20.1 Å². The number of hydrogen-bond donors (Lipinski definition) is 0. The molecule has 0 amide bonds. The largest absolute Gasteiger partial charge is 0.340 e. The smallest absolute Gasteiger partial charge is 0.0486 e. The number of para-hydroxylation sites is 1. The summed E-state index contributed by atoms with van der Waals surface area (Å²) >= 11 is 0. The third-order valence-corrected chi connectivity index (χ3v) is 6.95. The van der Waals surface area contributed by atoms with Crippen molar-refractivity contribution in [2.75, 3.05) is 11.4 Å². The number of nitrogens with zero attached hydrogens (tertiary/aromatic N) is 1. The Kier molecular flexibility index (Phi) is 3.30. The second kappa shape index (κ2) is 5.20. The van der Waals surface area contributed by atoms with Gasteiger partial charge in [0.05, 0.1) is 0 Å². The Morgan fingerprint density at radius 1 is 0.955 bits per heavy atom. The van der Waals surface area contributed by atoms with Crippen molar-refractivity contribution < 1.29 is 0 Å². The van der Waals surface area contributed by atoms with E-state index >= 15 is 0 Å². The maximum atomic E-state index is 2.55. The summed E-state index contributed by atoms with van der Waals surface area (Å²) in [5.41, 5.74) is 7.51. The van der Waals surface area contributed by atoms with Crippen LogP contribution in [0.5, 0.6) is 0 Å². The van der Waals surface area contributed by atoms with Crippen LogP contribution in [0.1, 0.15) is 23.6 Å². The van der Waals surface area contributed by atoms with Gasteiger partial charge in [0.15, 0.2) is 0 Å². The summed E-state index contributed by atoms with van der Waals surface area (Å²) in [5, 5.41) is 1.75. The van der Waals surface area contributed by atoms with Crippen LogP contribution in [0, 0.1) is 5.92 Å². The van der Waals surface area contributed by atoms with E-state index in [2.05, 4.69) is 67.4 Å². The van der Waals surface area contributed by atoms with Crippen LogP contribution in [0.4, 0.5) is 11.4 Å². The molecule has 0 N–H and O–H groups in total. The highest BCUT2D eigenvalue weighted by Crippen LogP contribution is 2.40. The molecule has 4 rings (SSSR count). The zero-order valence-electron chi connectivity index (χ0n) is 13.7. The van der Waals surface area contributed by atoms with Crippen LogP contribution in [0.15, 0.2) is 42.5 Å². The Morgan fingerprint density at radius 2 is 1.68 bits per heavy atom. The second-order valence-corrected chi connectivity index (χ2v) is 9.40. The van der Waals surface area contributed by atoms with Gasteiger partial charge in [-0.2, -0.15) is 0 Å². The molecule has 2 aromatic rings. The summed E-state index contributed by atoms with van der Waals surface area (Å²) in [6.45, 7) is 8.42.